The lowest BCUT2D eigenvalue weighted by Crippen LogP contribution is -2.17. The molecule has 13 heteroatoms. The summed E-state index contributed by atoms with van der Waals surface area (Å²) < 4.78 is 41.6. The SMILES string of the molecule is CCc1nn2c(-c3cccc(NC(=O)c4cc(NC(=O)CCl)cc(C(F)(F)F)c4)c3)ccnc2c1C(=O)O. The lowest BCUT2D eigenvalue weighted by Gasteiger charge is -2.13. The monoisotopic (exact) mass is 545 g/mol. The van der Waals surface area contributed by atoms with E-state index in [0.29, 0.717) is 35.5 Å². The van der Waals surface area contributed by atoms with Gasteiger partial charge in [-0.2, -0.15) is 18.3 Å². The van der Waals surface area contributed by atoms with Gasteiger partial charge in [0, 0.05) is 28.7 Å². The minimum absolute atomic E-state index is 0.0135. The number of nitrogens with one attached hydrogen (secondary N) is 2. The van der Waals surface area contributed by atoms with Crippen molar-refractivity contribution in [3.63, 3.8) is 0 Å². The molecule has 0 radical (unpaired) electrons. The Kier molecular flexibility index (Phi) is 7.35. The highest BCUT2D eigenvalue weighted by atomic mass is 35.5. The zero-order chi connectivity index (χ0) is 27.6. The first-order valence-electron chi connectivity index (χ1n) is 11.1. The zero-order valence-electron chi connectivity index (χ0n) is 19.6. The molecule has 0 aliphatic carbocycles. The van der Waals surface area contributed by atoms with E-state index >= 15 is 0 Å². The van der Waals surface area contributed by atoms with E-state index in [0.717, 1.165) is 6.07 Å². The normalized spacial score (nSPS) is 11.4. The Morgan fingerprint density at radius 2 is 1.82 bits per heavy atom. The van der Waals surface area contributed by atoms with Crippen LogP contribution in [0.15, 0.2) is 54.7 Å². The molecule has 0 unspecified atom stereocenters. The van der Waals surface area contributed by atoms with Crippen LogP contribution in [0.3, 0.4) is 0 Å². The Labute approximate surface area is 218 Å². The van der Waals surface area contributed by atoms with Crippen LogP contribution in [0, 0.1) is 0 Å². The van der Waals surface area contributed by atoms with Crippen molar-refractivity contribution in [1.82, 2.24) is 14.6 Å². The Morgan fingerprint density at radius 1 is 1.05 bits per heavy atom. The largest absolute Gasteiger partial charge is 0.477 e. The molecule has 3 N–H and O–H groups in total. The molecular formula is C25H19ClF3N5O4. The Balaban J connectivity index is 1.69. The molecule has 4 aromatic rings. The number of hydrogen-bond acceptors (Lipinski definition) is 5. The van der Waals surface area contributed by atoms with Gasteiger partial charge in [-0.25, -0.2) is 14.3 Å². The maximum absolute atomic E-state index is 13.4. The van der Waals surface area contributed by atoms with Crippen LogP contribution in [-0.2, 0) is 17.4 Å². The molecule has 0 saturated heterocycles. The molecule has 2 aromatic carbocycles. The third kappa shape index (κ3) is 5.44. The van der Waals surface area contributed by atoms with E-state index in [1.165, 1.54) is 16.8 Å². The number of amides is 2. The number of carbonyl (C=O) groups excluding carboxylic acids is 2. The number of hydrogen-bond donors (Lipinski definition) is 3. The Morgan fingerprint density at radius 3 is 2.47 bits per heavy atom. The average molecular weight is 546 g/mol. The smallest absolute Gasteiger partial charge is 0.416 e. The summed E-state index contributed by atoms with van der Waals surface area (Å²) in [6.07, 6.45) is -2.97. The second-order valence-corrected chi connectivity index (χ2v) is 8.33. The van der Waals surface area contributed by atoms with E-state index in [4.69, 9.17) is 11.6 Å². The highest BCUT2D eigenvalue weighted by Crippen LogP contribution is 2.32. The van der Waals surface area contributed by atoms with E-state index in [-0.39, 0.29) is 28.1 Å². The Bertz CT molecular complexity index is 1570. The minimum atomic E-state index is -4.76. The van der Waals surface area contributed by atoms with Gasteiger partial charge >= 0.3 is 12.1 Å². The van der Waals surface area contributed by atoms with Crippen LogP contribution in [0.2, 0.25) is 0 Å². The number of rotatable bonds is 7. The first-order chi connectivity index (χ1) is 18.0. The van der Waals surface area contributed by atoms with Crippen molar-refractivity contribution < 1.29 is 32.7 Å². The van der Waals surface area contributed by atoms with Crippen molar-refractivity contribution in [3.8, 4) is 11.3 Å². The fourth-order valence-corrected chi connectivity index (χ4v) is 3.89. The van der Waals surface area contributed by atoms with E-state index in [1.54, 1.807) is 31.2 Å². The third-order valence-electron chi connectivity index (χ3n) is 5.48. The van der Waals surface area contributed by atoms with Gasteiger partial charge in [0.05, 0.1) is 17.0 Å². The predicted molar refractivity (Wildman–Crippen MR) is 134 cm³/mol. The van der Waals surface area contributed by atoms with Crippen LogP contribution in [0.4, 0.5) is 24.5 Å². The van der Waals surface area contributed by atoms with E-state index < -0.39 is 35.4 Å². The lowest BCUT2D eigenvalue weighted by atomic mass is 10.1. The summed E-state index contributed by atoms with van der Waals surface area (Å²) in [4.78, 5) is 40.4. The van der Waals surface area contributed by atoms with Crippen LogP contribution in [-0.4, -0.2) is 43.4 Å². The van der Waals surface area contributed by atoms with Crippen LogP contribution < -0.4 is 10.6 Å². The van der Waals surface area contributed by atoms with Crippen molar-refractivity contribution in [1.29, 1.82) is 0 Å². The van der Waals surface area contributed by atoms with Crippen LogP contribution in [0.25, 0.3) is 16.9 Å². The van der Waals surface area contributed by atoms with Crippen molar-refractivity contribution in [3.05, 3.63) is 77.1 Å². The number of alkyl halides is 4. The van der Waals surface area contributed by atoms with Crippen LogP contribution in [0.1, 0.15) is 38.9 Å². The second-order valence-electron chi connectivity index (χ2n) is 8.06. The quantitative estimate of drug-likeness (QED) is 0.277. The van der Waals surface area contributed by atoms with E-state index in [9.17, 15) is 32.7 Å². The number of benzene rings is 2. The average Bonchev–Trinajstić information content (AvgIpc) is 3.27. The van der Waals surface area contributed by atoms with Crippen molar-refractivity contribution in [2.75, 3.05) is 16.5 Å². The molecule has 4 rings (SSSR count). The number of carbonyl (C=O) groups is 3. The van der Waals surface area contributed by atoms with Crippen molar-refractivity contribution in [2.45, 2.75) is 19.5 Å². The molecule has 0 fully saturated rings. The van der Waals surface area contributed by atoms with Gasteiger partial charge < -0.3 is 15.7 Å². The number of aromatic nitrogens is 3. The first kappa shape index (κ1) is 26.6. The number of halogens is 4. The molecule has 0 bridgehead atoms. The molecule has 38 heavy (non-hydrogen) atoms. The molecule has 0 aliphatic heterocycles. The fourth-order valence-electron chi connectivity index (χ4n) is 3.82. The van der Waals surface area contributed by atoms with Gasteiger partial charge in [-0.05, 0) is 42.8 Å². The van der Waals surface area contributed by atoms with E-state index in [2.05, 4.69) is 20.7 Å². The number of fused-ring (bicyclic) bond motifs is 1. The molecule has 0 saturated carbocycles. The summed E-state index contributed by atoms with van der Waals surface area (Å²) >= 11 is 5.42. The summed E-state index contributed by atoms with van der Waals surface area (Å²) in [5, 5.41) is 18.8. The molecule has 0 atom stereocenters. The van der Waals surface area contributed by atoms with Crippen LogP contribution >= 0.6 is 11.6 Å². The maximum Gasteiger partial charge on any atom is 0.416 e. The van der Waals surface area contributed by atoms with Gasteiger partial charge in [0.1, 0.15) is 11.4 Å². The molecule has 2 amide bonds. The fraction of sp³-hybridized carbons (Fsp3) is 0.160. The molecular weight excluding hydrogens is 527 g/mol. The molecule has 0 spiro atoms. The van der Waals surface area contributed by atoms with Crippen molar-refractivity contribution >= 4 is 46.4 Å². The van der Waals surface area contributed by atoms with Gasteiger partial charge in [-0.15, -0.1) is 11.6 Å². The third-order valence-corrected chi connectivity index (χ3v) is 5.73. The molecule has 2 heterocycles. The molecule has 0 aliphatic rings. The minimum Gasteiger partial charge on any atom is -0.477 e. The summed E-state index contributed by atoms with van der Waals surface area (Å²) in [5.41, 5.74) is 0.0658. The summed E-state index contributed by atoms with van der Waals surface area (Å²) in [7, 11) is 0. The zero-order valence-corrected chi connectivity index (χ0v) is 20.4. The van der Waals surface area contributed by atoms with Gasteiger partial charge in [0.15, 0.2) is 5.65 Å². The summed E-state index contributed by atoms with van der Waals surface area (Å²) in [5.74, 6) is -3.22. The highest BCUT2D eigenvalue weighted by molar-refractivity contribution is 6.29. The molecule has 196 valence electrons. The molecule has 2 aromatic heterocycles. The summed E-state index contributed by atoms with van der Waals surface area (Å²) in [6.45, 7) is 1.77. The second kappa shape index (κ2) is 10.5. The topological polar surface area (TPSA) is 126 Å². The number of carboxylic acids is 1. The van der Waals surface area contributed by atoms with Gasteiger partial charge in [-0.1, -0.05) is 19.1 Å². The number of aryl methyl sites for hydroxylation is 1. The number of aromatic carboxylic acids is 1. The standard InChI is InChI=1S/C25H19ClF3N5O4/c1-2-18-21(24(37)38)22-30-7-6-19(34(22)33-18)13-4-3-5-16(9-13)32-23(36)14-8-15(25(27,28)29)11-17(10-14)31-20(35)12-26/h3-11H,2,12H2,1H3,(H,31,35)(H,32,36)(H,37,38). The van der Waals surface area contributed by atoms with E-state index in [1.807, 2.05) is 0 Å². The number of anilines is 2. The highest BCUT2D eigenvalue weighted by Gasteiger charge is 2.32. The number of nitrogens with zero attached hydrogens (tertiary/aromatic N) is 3. The maximum atomic E-state index is 13.4. The van der Waals surface area contributed by atoms with Crippen LogP contribution in [0.5, 0.6) is 0 Å². The van der Waals surface area contributed by atoms with Gasteiger partial charge in [0.25, 0.3) is 5.91 Å². The predicted octanol–water partition coefficient (Wildman–Crippen LogP) is 5.11. The Hall–Kier alpha value is -4.45. The number of carboxylic acid groups (broad SMARTS) is 1. The van der Waals surface area contributed by atoms with Gasteiger partial charge in [-0.3, -0.25) is 9.59 Å². The molecule has 9 nitrogen and oxygen atoms in total. The lowest BCUT2D eigenvalue weighted by molar-refractivity contribution is -0.137. The first-order valence-corrected chi connectivity index (χ1v) is 11.6. The van der Waals surface area contributed by atoms with Crippen molar-refractivity contribution in [2.24, 2.45) is 0 Å². The summed E-state index contributed by atoms with van der Waals surface area (Å²) in [6, 6.07) is 10.5. The van der Waals surface area contributed by atoms with Gasteiger partial charge in [0.2, 0.25) is 5.91 Å².